The number of aryl methyl sites for hydroxylation is 1. The SMILES string of the molecule is Cc1cc(N2CCCC(F)(F)C2)n2ncnc2n1. The zero-order valence-electron chi connectivity index (χ0n) is 9.98. The number of fused-ring (bicyclic) bond motifs is 1. The van der Waals surface area contributed by atoms with Crippen LogP contribution in [0.2, 0.25) is 0 Å². The van der Waals surface area contributed by atoms with E-state index in [-0.39, 0.29) is 13.0 Å². The summed E-state index contributed by atoms with van der Waals surface area (Å²) in [6.45, 7) is 2.15. The molecular weight excluding hydrogens is 240 g/mol. The number of anilines is 1. The Bertz CT molecular complexity index is 580. The number of aromatic nitrogens is 4. The lowest BCUT2D eigenvalue weighted by Gasteiger charge is -2.33. The molecule has 0 aromatic carbocycles. The zero-order valence-corrected chi connectivity index (χ0v) is 9.98. The third kappa shape index (κ3) is 1.89. The fourth-order valence-electron chi connectivity index (χ4n) is 2.30. The van der Waals surface area contributed by atoms with Crippen LogP contribution in [0, 0.1) is 6.92 Å². The van der Waals surface area contributed by atoms with Crippen LogP contribution >= 0.6 is 0 Å². The smallest absolute Gasteiger partial charge is 0.265 e. The van der Waals surface area contributed by atoms with Gasteiger partial charge in [-0.15, -0.1) is 0 Å². The molecule has 1 aliphatic rings. The number of nitrogens with zero attached hydrogens (tertiary/aromatic N) is 5. The van der Waals surface area contributed by atoms with Crippen molar-refractivity contribution in [3.05, 3.63) is 18.1 Å². The fourth-order valence-corrected chi connectivity index (χ4v) is 2.30. The second kappa shape index (κ2) is 3.86. The Labute approximate surface area is 102 Å². The van der Waals surface area contributed by atoms with Crippen molar-refractivity contribution in [2.45, 2.75) is 25.7 Å². The minimum Gasteiger partial charge on any atom is -0.350 e. The highest BCUT2D eigenvalue weighted by Gasteiger charge is 2.36. The minimum atomic E-state index is -2.64. The Hall–Kier alpha value is -1.79. The van der Waals surface area contributed by atoms with E-state index in [4.69, 9.17) is 0 Å². The molecule has 0 atom stereocenters. The van der Waals surface area contributed by atoms with E-state index in [1.165, 1.54) is 10.8 Å². The van der Waals surface area contributed by atoms with Gasteiger partial charge in [-0.3, -0.25) is 0 Å². The summed E-state index contributed by atoms with van der Waals surface area (Å²) in [5, 5.41) is 4.04. The highest BCUT2D eigenvalue weighted by Crippen LogP contribution is 2.29. The van der Waals surface area contributed by atoms with Gasteiger partial charge in [0.15, 0.2) is 0 Å². The van der Waals surface area contributed by atoms with Crippen molar-refractivity contribution in [2.75, 3.05) is 18.0 Å². The molecule has 1 saturated heterocycles. The van der Waals surface area contributed by atoms with E-state index < -0.39 is 5.92 Å². The number of hydrogen-bond donors (Lipinski definition) is 0. The van der Waals surface area contributed by atoms with Gasteiger partial charge in [-0.25, -0.2) is 13.8 Å². The molecule has 1 fully saturated rings. The van der Waals surface area contributed by atoms with Gasteiger partial charge in [0.25, 0.3) is 11.7 Å². The van der Waals surface area contributed by atoms with E-state index in [0.717, 1.165) is 5.69 Å². The Morgan fingerprint density at radius 1 is 1.39 bits per heavy atom. The van der Waals surface area contributed by atoms with Gasteiger partial charge >= 0.3 is 0 Å². The molecular formula is C11H13F2N5. The van der Waals surface area contributed by atoms with Gasteiger partial charge in [0, 0.05) is 24.7 Å². The lowest BCUT2D eigenvalue weighted by atomic mass is 10.1. The number of halogens is 2. The lowest BCUT2D eigenvalue weighted by molar-refractivity contribution is -0.0119. The fraction of sp³-hybridized carbons (Fsp3) is 0.545. The number of piperidine rings is 1. The van der Waals surface area contributed by atoms with Crippen molar-refractivity contribution in [2.24, 2.45) is 0 Å². The maximum Gasteiger partial charge on any atom is 0.265 e. The molecule has 5 nitrogen and oxygen atoms in total. The van der Waals surface area contributed by atoms with E-state index in [1.54, 1.807) is 11.0 Å². The van der Waals surface area contributed by atoms with Gasteiger partial charge in [-0.05, 0) is 13.3 Å². The molecule has 2 aromatic heterocycles. The summed E-state index contributed by atoms with van der Waals surface area (Å²) in [6, 6.07) is 1.77. The molecule has 0 amide bonds. The summed E-state index contributed by atoms with van der Waals surface area (Å²) in [4.78, 5) is 9.85. The Kier molecular flexibility index (Phi) is 2.42. The molecule has 3 rings (SSSR count). The highest BCUT2D eigenvalue weighted by molar-refractivity contribution is 5.47. The van der Waals surface area contributed by atoms with Crippen LogP contribution in [0.1, 0.15) is 18.5 Å². The van der Waals surface area contributed by atoms with Gasteiger partial charge in [0.2, 0.25) is 0 Å². The van der Waals surface area contributed by atoms with Crippen LogP contribution in [-0.2, 0) is 0 Å². The van der Waals surface area contributed by atoms with Gasteiger partial charge < -0.3 is 4.90 Å². The summed E-state index contributed by atoms with van der Waals surface area (Å²) in [6.07, 6.45) is 1.81. The van der Waals surface area contributed by atoms with Crippen LogP contribution in [0.15, 0.2) is 12.4 Å². The molecule has 0 N–H and O–H groups in total. The predicted octanol–water partition coefficient (Wildman–Crippen LogP) is 1.67. The number of rotatable bonds is 1. The maximum absolute atomic E-state index is 13.5. The van der Waals surface area contributed by atoms with Crippen molar-refractivity contribution in [1.29, 1.82) is 0 Å². The van der Waals surface area contributed by atoms with Crippen LogP contribution < -0.4 is 4.90 Å². The van der Waals surface area contributed by atoms with Crippen LogP contribution in [0.4, 0.5) is 14.6 Å². The minimum absolute atomic E-state index is 0.0476. The van der Waals surface area contributed by atoms with E-state index in [0.29, 0.717) is 24.6 Å². The summed E-state index contributed by atoms with van der Waals surface area (Å²) in [7, 11) is 0. The molecule has 18 heavy (non-hydrogen) atoms. The second-order valence-electron chi connectivity index (χ2n) is 4.61. The predicted molar refractivity (Wildman–Crippen MR) is 61.9 cm³/mol. The molecule has 3 heterocycles. The molecule has 0 aliphatic carbocycles. The topological polar surface area (TPSA) is 46.3 Å². The molecule has 0 bridgehead atoms. The van der Waals surface area contributed by atoms with E-state index in [9.17, 15) is 8.78 Å². The molecule has 0 unspecified atom stereocenters. The second-order valence-corrected chi connectivity index (χ2v) is 4.61. The average molecular weight is 253 g/mol. The maximum atomic E-state index is 13.5. The average Bonchev–Trinajstić information content (AvgIpc) is 2.74. The standard InChI is InChI=1S/C11H13F2N5/c1-8-5-9(18-10(16-8)14-7-15-18)17-4-2-3-11(12,13)6-17/h5,7H,2-4,6H2,1H3. The van der Waals surface area contributed by atoms with Gasteiger partial charge in [0.05, 0.1) is 6.54 Å². The van der Waals surface area contributed by atoms with Crippen molar-refractivity contribution >= 4 is 11.6 Å². The number of hydrogen-bond acceptors (Lipinski definition) is 4. The molecule has 96 valence electrons. The first-order valence-corrected chi connectivity index (χ1v) is 5.85. The summed E-state index contributed by atoms with van der Waals surface area (Å²) < 4.78 is 28.4. The third-order valence-corrected chi connectivity index (χ3v) is 3.08. The first kappa shape index (κ1) is 11.3. The molecule has 0 saturated carbocycles. The van der Waals surface area contributed by atoms with E-state index >= 15 is 0 Å². The third-order valence-electron chi connectivity index (χ3n) is 3.08. The molecule has 0 spiro atoms. The first-order chi connectivity index (χ1) is 8.55. The van der Waals surface area contributed by atoms with Crippen molar-refractivity contribution < 1.29 is 8.78 Å². The van der Waals surface area contributed by atoms with Crippen LogP contribution in [0.25, 0.3) is 5.78 Å². The molecule has 2 aromatic rings. The van der Waals surface area contributed by atoms with Crippen LogP contribution in [0.5, 0.6) is 0 Å². The number of alkyl halides is 2. The molecule has 7 heteroatoms. The quantitative estimate of drug-likeness (QED) is 0.775. The Morgan fingerprint density at radius 3 is 3.00 bits per heavy atom. The first-order valence-electron chi connectivity index (χ1n) is 5.85. The van der Waals surface area contributed by atoms with Crippen molar-refractivity contribution in [3.8, 4) is 0 Å². The Morgan fingerprint density at radius 2 is 2.22 bits per heavy atom. The lowest BCUT2D eigenvalue weighted by Crippen LogP contribution is -2.43. The summed E-state index contributed by atoms with van der Waals surface area (Å²) in [5.74, 6) is -1.56. The van der Waals surface area contributed by atoms with E-state index in [1.807, 2.05) is 6.92 Å². The monoisotopic (exact) mass is 253 g/mol. The highest BCUT2D eigenvalue weighted by atomic mass is 19.3. The largest absolute Gasteiger partial charge is 0.350 e. The molecule has 0 radical (unpaired) electrons. The summed E-state index contributed by atoms with van der Waals surface area (Å²) >= 11 is 0. The Balaban J connectivity index is 2.05. The van der Waals surface area contributed by atoms with Crippen LogP contribution in [0.3, 0.4) is 0 Å². The summed E-state index contributed by atoms with van der Waals surface area (Å²) in [5.41, 5.74) is 0.749. The zero-order chi connectivity index (χ0) is 12.8. The normalized spacial score (nSPS) is 19.4. The van der Waals surface area contributed by atoms with Crippen molar-refractivity contribution in [1.82, 2.24) is 19.6 Å². The van der Waals surface area contributed by atoms with E-state index in [2.05, 4.69) is 15.1 Å². The van der Waals surface area contributed by atoms with Gasteiger partial charge in [-0.2, -0.15) is 14.6 Å². The van der Waals surface area contributed by atoms with Gasteiger partial charge in [-0.1, -0.05) is 0 Å². The van der Waals surface area contributed by atoms with Crippen molar-refractivity contribution in [3.63, 3.8) is 0 Å². The van der Waals surface area contributed by atoms with Gasteiger partial charge in [0.1, 0.15) is 12.1 Å². The molecule has 1 aliphatic heterocycles. The van der Waals surface area contributed by atoms with Crippen LogP contribution in [-0.4, -0.2) is 38.6 Å².